The Balaban J connectivity index is 1.72. The number of benzene rings is 1. The number of rotatable bonds is 6. The number of hydrogen-bond acceptors (Lipinski definition) is 6. The lowest BCUT2D eigenvalue weighted by Crippen LogP contribution is -2.27. The van der Waals surface area contributed by atoms with Crippen LogP contribution in [-0.4, -0.2) is 31.1 Å². The maximum Gasteiger partial charge on any atom is 0.267 e. The smallest absolute Gasteiger partial charge is 0.267 e. The van der Waals surface area contributed by atoms with Gasteiger partial charge in [-0.25, -0.2) is 9.37 Å². The molecule has 1 N–H and O–H groups in total. The second-order valence-corrected chi connectivity index (χ2v) is 8.35. The zero-order valence-corrected chi connectivity index (χ0v) is 17.9. The number of aromatic nitrogens is 2. The number of thioether (sulfide) groups is 1. The van der Waals surface area contributed by atoms with Crippen molar-refractivity contribution in [3.63, 3.8) is 0 Å². The Kier molecular flexibility index (Phi) is 5.97. The molecule has 0 aliphatic carbocycles. The van der Waals surface area contributed by atoms with E-state index in [1.807, 2.05) is 0 Å². The van der Waals surface area contributed by atoms with Gasteiger partial charge in [-0.05, 0) is 35.9 Å². The van der Waals surface area contributed by atoms with Crippen molar-refractivity contribution in [3.05, 3.63) is 93.5 Å². The van der Waals surface area contributed by atoms with E-state index in [2.05, 4.69) is 16.9 Å². The molecule has 0 unspecified atom stereocenters. The van der Waals surface area contributed by atoms with E-state index in [-0.39, 0.29) is 29.4 Å². The van der Waals surface area contributed by atoms with Gasteiger partial charge in [0.05, 0.1) is 17.0 Å². The Bertz CT molecular complexity index is 1280. The molecular formula is C22H17FN4O2S2. The molecule has 0 saturated carbocycles. The van der Waals surface area contributed by atoms with Crippen LogP contribution in [0.4, 0.5) is 10.2 Å². The van der Waals surface area contributed by atoms with Crippen LogP contribution in [0.2, 0.25) is 0 Å². The number of fused-ring (bicyclic) bond motifs is 1. The van der Waals surface area contributed by atoms with Crippen LogP contribution >= 0.6 is 24.0 Å². The van der Waals surface area contributed by atoms with Crippen molar-refractivity contribution in [2.24, 2.45) is 0 Å². The van der Waals surface area contributed by atoms with Gasteiger partial charge >= 0.3 is 0 Å². The van der Waals surface area contributed by atoms with Crippen molar-refractivity contribution in [2.45, 2.75) is 6.54 Å². The van der Waals surface area contributed by atoms with Crippen LogP contribution in [0.25, 0.3) is 11.7 Å². The predicted octanol–water partition coefficient (Wildman–Crippen LogP) is 3.83. The molecule has 3 aromatic rings. The van der Waals surface area contributed by atoms with Gasteiger partial charge in [-0.15, -0.1) is 6.58 Å². The quantitative estimate of drug-likeness (QED) is 0.348. The molecule has 1 aliphatic rings. The molecule has 1 saturated heterocycles. The summed E-state index contributed by atoms with van der Waals surface area (Å²) in [5, 5.41) is 3.06. The molecule has 1 fully saturated rings. The third-order valence-corrected chi connectivity index (χ3v) is 5.96. The van der Waals surface area contributed by atoms with E-state index in [1.54, 1.807) is 42.6 Å². The Labute approximate surface area is 187 Å². The number of amides is 1. The molecule has 0 atom stereocenters. The number of pyridine rings is 1. The van der Waals surface area contributed by atoms with Crippen molar-refractivity contribution in [2.75, 3.05) is 11.9 Å². The first-order valence-electron chi connectivity index (χ1n) is 9.34. The van der Waals surface area contributed by atoms with E-state index in [0.29, 0.717) is 27.2 Å². The first-order valence-corrected chi connectivity index (χ1v) is 10.6. The minimum atomic E-state index is -0.349. The molecule has 0 bridgehead atoms. The highest BCUT2D eigenvalue weighted by atomic mass is 32.2. The summed E-state index contributed by atoms with van der Waals surface area (Å²) in [5.74, 6) is -0.302. The fraction of sp³-hybridized carbons (Fsp3) is 0.0909. The molecule has 3 heterocycles. The molecule has 0 spiro atoms. The number of carbonyl (C=O) groups excluding carboxylic acids is 1. The van der Waals surface area contributed by atoms with Gasteiger partial charge in [-0.1, -0.05) is 48.3 Å². The number of hydrogen-bond donors (Lipinski definition) is 1. The van der Waals surface area contributed by atoms with E-state index >= 15 is 0 Å². The molecule has 9 heteroatoms. The fourth-order valence-corrected chi connectivity index (χ4v) is 4.31. The molecule has 0 radical (unpaired) electrons. The number of halogens is 1. The number of anilines is 1. The van der Waals surface area contributed by atoms with Crippen LogP contribution in [0, 0.1) is 5.82 Å². The summed E-state index contributed by atoms with van der Waals surface area (Å²) >= 11 is 6.49. The van der Waals surface area contributed by atoms with Crippen molar-refractivity contribution in [3.8, 4) is 0 Å². The van der Waals surface area contributed by atoms with Crippen LogP contribution in [-0.2, 0) is 11.3 Å². The lowest BCUT2D eigenvalue weighted by molar-refractivity contribution is -0.122. The number of nitrogens with zero attached hydrogens (tertiary/aromatic N) is 3. The monoisotopic (exact) mass is 452 g/mol. The highest BCUT2D eigenvalue weighted by Gasteiger charge is 2.32. The fourth-order valence-electron chi connectivity index (χ4n) is 3.08. The van der Waals surface area contributed by atoms with Gasteiger partial charge in [-0.2, -0.15) is 0 Å². The van der Waals surface area contributed by atoms with Gasteiger partial charge < -0.3 is 5.32 Å². The topological polar surface area (TPSA) is 66.7 Å². The first kappa shape index (κ1) is 21.0. The molecule has 1 amide bonds. The van der Waals surface area contributed by atoms with E-state index in [0.717, 1.165) is 17.3 Å². The summed E-state index contributed by atoms with van der Waals surface area (Å²) in [6.45, 7) is 4.30. The normalized spacial score (nSPS) is 15.1. The van der Waals surface area contributed by atoms with E-state index in [4.69, 9.17) is 12.2 Å². The van der Waals surface area contributed by atoms with Crippen LogP contribution in [0.5, 0.6) is 0 Å². The van der Waals surface area contributed by atoms with Gasteiger partial charge in [0.15, 0.2) is 0 Å². The lowest BCUT2D eigenvalue weighted by Gasteiger charge is -2.14. The summed E-state index contributed by atoms with van der Waals surface area (Å²) in [6, 6.07) is 11.1. The molecule has 4 rings (SSSR count). The predicted molar refractivity (Wildman–Crippen MR) is 125 cm³/mol. The van der Waals surface area contributed by atoms with Gasteiger partial charge in [-0.3, -0.25) is 18.9 Å². The summed E-state index contributed by atoms with van der Waals surface area (Å²) in [6.07, 6.45) is 4.80. The largest absolute Gasteiger partial charge is 0.366 e. The summed E-state index contributed by atoms with van der Waals surface area (Å²) in [5.41, 5.74) is 1.19. The molecule has 156 valence electrons. The van der Waals surface area contributed by atoms with E-state index < -0.39 is 0 Å². The Hall–Kier alpha value is -3.30. The molecule has 6 nitrogen and oxygen atoms in total. The zero-order chi connectivity index (χ0) is 22.0. The average Bonchev–Trinajstić information content (AvgIpc) is 3.03. The number of thiocarbonyl (C=S) groups is 1. The SMILES string of the molecule is C=CCNc1nc2ccccn2c(=O)c1/C=C1/SC(=S)N(Cc2ccc(F)cc2)C1=O. The standard InChI is InChI=1S/C22H17FN4O2S2/c1-2-10-24-19-16(20(28)26-11-4-3-5-18(26)25-19)12-17-21(29)27(22(30)31-17)13-14-6-8-15(23)9-7-14/h2-9,11-12,24H,1,10,13H2/b17-12+. The minimum absolute atomic E-state index is 0.221. The second-order valence-electron chi connectivity index (χ2n) is 6.67. The zero-order valence-electron chi connectivity index (χ0n) is 16.2. The van der Waals surface area contributed by atoms with Gasteiger partial charge in [0.25, 0.3) is 11.5 Å². The molecule has 1 aromatic carbocycles. The maximum atomic E-state index is 13.2. The lowest BCUT2D eigenvalue weighted by atomic mass is 10.2. The highest BCUT2D eigenvalue weighted by molar-refractivity contribution is 8.26. The third kappa shape index (κ3) is 4.28. The molecule has 31 heavy (non-hydrogen) atoms. The third-order valence-electron chi connectivity index (χ3n) is 4.59. The van der Waals surface area contributed by atoms with Crippen molar-refractivity contribution in [1.82, 2.24) is 14.3 Å². The van der Waals surface area contributed by atoms with Crippen LogP contribution < -0.4 is 10.9 Å². The Morgan fingerprint density at radius 1 is 1.19 bits per heavy atom. The molecular weight excluding hydrogens is 435 g/mol. The van der Waals surface area contributed by atoms with Crippen molar-refractivity contribution < 1.29 is 9.18 Å². The van der Waals surface area contributed by atoms with Crippen LogP contribution in [0.15, 0.2) is 71.0 Å². The van der Waals surface area contributed by atoms with Crippen LogP contribution in [0.1, 0.15) is 11.1 Å². The highest BCUT2D eigenvalue weighted by Crippen LogP contribution is 2.34. The summed E-state index contributed by atoms with van der Waals surface area (Å²) in [4.78, 5) is 32.4. The Morgan fingerprint density at radius 2 is 1.97 bits per heavy atom. The van der Waals surface area contributed by atoms with E-state index in [9.17, 15) is 14.0 Å². The van der Waals surface area contributed by atoms with Gasteiger partial charge in [0.1, 0.15) is 21.6 Å². The number of nitrogens with one attached hydrogen (secondary N) is 1. The maximum absolute atomic E-state index is 13.2. The first-order chi connectivity index (χ1) is 15.0. The van der Waals surface area contributed by atoms with Crippen molar-refractivity contribution in [1.29, 1.82) is 0 Å². The molecule has 2 aromatic heterocycles. The molecule has 1 aliphatic heterocycles. The second kappa shape index (κ2) is 8.83. The Morgan fingerprint density at radius 3 is 2.71 bits per heavy atom. The minimum Gasteiger partial charge on any atom is -0.366 e. The summed E-state index contributed by atoms with van der Waals surface area (Å²) in [7, 11) is 0. The average molecular weight is 453 g/mol. The van der Waals surface area contributed by atoms with Crippen LogP contribution in [0.3, 0.4) is 0 Å². The van der Waals surface area contributed by atoms with Gasteiger partial charge in [0.2, 0.25) is 0 Å². The van der Waals surface area contributed by atoms with E-state index in [1.165, 1.54) is 27.5 Å². The number of carbonyl (C=O) groups is 1. The van der Waals surface area contributed by atoms with Gasteiger partial charge in [0, 0.05) is 12.7 Å². The summed E-state index contributed by atoms with van der Waals surface area (Å²) < 4.78 is 15.0. The van der Waals surface area contributed by atoms with Crippen molar-refractivity contribution >= 4 is 51.7 Å².